The number of nitrogens with zero attached hydrogens (tertiary/aromatic N) is 1. The maximum Gasteiger partial charge on any atom is 0.151 e. The molecule has 0 aliphatic carbocycles. The van der Waals surface area contributed by atoms with Crippen LogP contribution in [0.2, 0.25) is 0 Å². The first kappa shape index (κ1) is 8.75. The number of hydrogen-bond donors (Lipinski definition) is 0. The lowest BCUT2D eigenvalue weighted by Crippen LogP contribution is -1.92. The van der Waals surface area contributed by atoms with Gasteiger partial charge in [-0.05, 0) is 25.1 Å². The molecule has 0 atom stereocenters. The van der Waals surface area contributed by atoms with Crippen molar-refractivity contribution >= 4 is 6.29 Å². The minimum Gasteiger partial charge on any atom is -0.320 e. The molecule has 0 aliphatic heterocycles. The molecule has 0 radical (unpaired) electrons. The number of benzene rings is 1. The molecule has 1 aromatic carbocycles. The Bertz CT molecular complexity index is 443. The van der Waals surface area contributed by atoms with Gasteiger partial charge in [0.1, 0.15) is 0 Å². The second-order valence-corrected chi connectivity index (χ2v) is 3.24. The van der Waals surface area contributed by atoms with Gasteiger partial charge >= 0.3 is 0 Å². The number of para-hydroxylation sites is 1. The fourth-order valence-corrected chi connectivity index (χ4v) is 1.53. The van der Waals surface area contributed by atoms with Crippen LogP contribution in [0.25, 0.3) is 5.69 Å². The monoisotopic (exact) mass is 185 g/mol. The van der Waals surface area contributed by atoms with E-state index in [1.165, 1.54) is 0 Å². The third-order valence-corrected chi connectivity index (χ3v) is 2.20. The van der Waals surface area contributed by atoms with E-state index in [0.29, 0.717) is 5.56 Å². The zero-order chi connectivity index (χ0) is 9.97. The molecule has 1 aromatic heterocycles. The van der Waals surface area contributed by atoms with E-state index in [4.69, 9.17) is 0 Å². The average molecular weight is 185 g/mol. The zero-order valence-corrected chi connectivity index (χ0v) is 7.97. The fraction of sp³-hybridized carbons (Fsp3) is 0.0833. The van der Waals surface area contributed by atoms with E-state index >= 15 is 0 Å². The van der Waals surface area contributed by atoms with E-state index in [1.807, 2.05) is 54.1 Å². The molecule has 0 N–H and O–H groups in total. The molecule has 2 heteroatoms. The van der Waals surface area contributed by atoms with Gasteiger partial charge < -0.3 is 4.57 Å². The lowest BCUT2D eigenvalue weighted by atomic mass is 10.3. The number of rotatable bonds is 2. The van der Waals surface area contributed by atoms with Gasteiger partial charge in [0.05, 0.1) is 0 Å². The van der Waals surface area contributed by atoms with Gasteiger partial charge in [0.15, 0.2) is 6.29 Å². The number of carbonyl (C=O) groups is 1. The molecule has 0 bridgehead atoms. The summed E-state index contributed by atoms with van der Waals surface area (Å²) in [5.41, 5.74) is 2.86. The van der Waals surface area contributed by atoms with E-state index in [2.05, 4.69) is 0 Å². The van der Waals surface area contributed by atoms with Crippen molar-refractivity contribution in [3.63, 3.8) is 0 Å². The van der Waals surface area contributed by atoms with Gasteiger partial charge in [-0.15, -0.1) is 0 Å². The van der Waals surface area contributed by atoms with Gasteiger partial charge in [-0.1, -0.05) is 18.2 Å². The number of aldehydes is 1. The van der Waals surface area contributed by atoms with Crippen LogP contribution < -0.4 is 0 Å². The number of hydrogen-bond acceptors (Lipinski definition) is 1. The quantitative estimate of drug-likeness (QED) is 0.659. The molecule has 0 aliphatic rings. The maximum absolute atomic E-state index is 10.6. The van der Waals surface area contributed by atoms with Crippen LogP contribution in [0.4, 0.5) is 0 Å². The number of aromatic nitrogens is 1. The number of aryl methyl sites for hydroxylation is 1. The molecule has 2 aromatic rings. The SMILES string of the molecule is Cc1cc(C=O)cn1-c1ccccc1. The molecule has 0 saturated carbocycles. The normalized spacial score (nSPS) is 10.1. The largest absolute Gasteiger partial charge is 0.320 e. The van der Waals surface area contributed by atoms with Gasteiger partial charge in [-0.2, -0.15) is 0 Å². The summed E-state index contributed by atoms with van der Waals surface area (Å²) in [4.78, 5) is 10.6. The Balaban J connectivity index is 2.51. The molecule has 0 fully saturated rings. The molecule has 2 nitrogen and oxygen atoms in total. The molecular formula is C12H11NO. The van der Waals surface area contributed by atoms with Gasteiger partial charge in [-0.25, -0.2) is 0 Å². The van der Waals surface area contributed by atoms with Crippen LogP contribution in [0.5, 0.6) is 0 Å². The molecule has 2 rings (SSSR count). The van der Waals surface area contributed by atoms with Crippen LogP contribution >= 0.6 is 0 Å². The van der Waals surface area contributed by atoms with Gasteiger partial charge in [0.25, 0.3) is 0 Å². The second-order valence-electron chi connectivity index (χ2n) is 3.24. The summed E-state index contributed by atoms with van der Waals surface area (Å²) < 4.78 is 2.00. The summed E-state index contributed by atoms with van der Waals surface area (Å²) in [6.07, 6.45) is 2.71. The lowest BCUT2D eigenvalue weighted by Gasteiger charge is -2.04. The van der Waals surface area contributed by atoms with Gasteiger partial charge in [0, 0.05) is 23.1 Å². The molecule has 0 saturated heterocycles. The highest BCUT2D eigenvalue weighted by atomic mass is 16.1. The summed E-state index contributed by atoms with van der Waals surface area (Å²) in [6.45, 7) is 1.99. The van der Waals surface area contributed by atoms with E-state index in [1.54, 1.807) is 0 Å². The van der Waals surface area contributed by atoms with E-state index in [-0.39, 0.29) is 0 Å². The Morgan fingerprint density at radius 2 is 1.93 bits per heavy atom. The Morgan fingerprint density at radius 1 is 1.21 bits per heavy atom. The van der Waals surface area contributed by atoms with Crippen LogP contribution in [-0.2, 0) is 0 Å². The minimum absolute atomic E-state index is 0.714. The number of carbonyl (C=O) groups excluding carboxylic acids is 1. The lowest BCUT2D eigenvalue weighted by molar-refractivity contribution is 0.112. The van der Waals surface area contributed by atoms with Gasteiger partial charge in [0.2, 0.25) is 0 Å². The summed E-state index contributed by atoms with van der Waals surface area (Å²) in [5.74, 6) is 0. The summed E-state index contributed by atoms with van der Waals surface area (Å²) in [5, 5.41) is 0. The Hall–Kier alpha value is -1.83. The van der Waals surface area contributed by atoms with Crippen molar-refractivity contribution in [1.29, 1.82) is 0 Å². The highest BCUT2D eigenvalue weighted by Crippen LogP contribution is 2.13. The predicted molar refractivity (Wildman–Crippen MR) is 55.9 cm³/mol. The van der Waals surface area contributed by atoms with Crippen LogP contribution in [0.3, 0.4) is 0 Å². The first-order valence-corrected chi connectivity index (χ1v) is 4.51. The van der Waals surface area contributed by atoms with Crippen LogP contribution in [0.15, 0.2) is 42.6 Å². The van der Waals surface area contributed by atoms with Crippen molar-refractivity contribution in [2.45, 2.75) is 6.92 Å². The molecule has 1 heterocycles. The Kier molecular flexibility index (Phi) is 2.19. The first-order chi connectivity index (χ1) is 6.81. The molecular weight excluding hydrogens is 174 g/mol. The Labute approximate surface area is 82.8 Å². The topological polar surface area (TPSA) is 22.0 Å². The zero-order valence-electron chi connectivity index (χ0n) is 7.97. The van der Waals surface area contributed by atoms with Crippen molar-refractivity contribution < 1.29 is 4.79 Å². The average Bonchev–Trinajstić information content (AvgIpc) is 2.61. The summed E-state index contributed by atoms with van der Waals surface area (Å²) in [6, 6.07) is 11.8. The molecule has 0 amide bonds. The molecule has 14 heavy (non-hydrogen) atoms. The standard InChI is InChI=1S/C12H11NO/c1-10-7-11(9-14)8-13(10)12-5-3-2-4-6-12/h2-9H,1H3. The molecule has 0 unspecified atom stereocenters. The van der Waals surface area contributed by atoms with Crippen LogP contribution in [0.1, 0.15) is 16.1 Å². The van der Waals surface area contributed by atoms with Crippen LogP contribution in [0, 0.1) is 6.92 Å². The van der Waals surface area contributed by atoms with Crippen molar-refractivity contribution in [3.8, 4) is 5.69 Å². The second kappa shape index (κ2) is 3.50. The highest BCUT2D eigenvalue weighted by Gasteiger charge is 2.01. The van der Waals surface area contributed by atoms with Crippen molar-refractivity contribution in [2.24, 2.45) is 0 Å². The smallest absolute Gasteiger partial charge is 0.151 e. The molecule has 0 spiro atoms. The highest BCUT2D eigenvalue weighted by molar-refractivity contribution is 5.75. The van der Waals surface area contributed by atoms with Crippen LogP contribution in [-0.4, -0.2) is 10.9 Å². The van der Waals surface area contributed by atoms with E-state index in [9.17, 15) is 4.79 Å². The minimum atomic E-state index is 0.714. The van der Waals surface area contributed by atoms with Crippen molar-refractivity contribution in [1.82, 2.24) is 4.57 Å². The van der Waals surface area contributed by atoms with Crippen molar-refractivity contribution in [2.75, 3.05) is 0 Å². The Morgan fingerprint density at radius 3 is 2.50 bits per heavy atom. The predicted octanol–water partition coefficient (Wildman–Crippen LogP) is 2.60. The summed E-state index contributed by atoms with van der Waals surface area (Å²) >= 11 is 0. The fourth-order valence-electron chi connectivity index (χ4n) is 1.53. The third kappa shape index (κ3) is 1.46. The first-order valence-electron chi connectivity index (χ1n) is 4.51. The maximum atomic E-state index is 10.6. The van der Waals surface area contributed by atoms with E-state index in [0.717, 1.165) is 17.7 Å². The van der Waals surface area contributed by atoms with E-state index < -0.39 is 0 Å². The summed E-state index contributed by atoms with van der Waals surface area (Å²) in [7, 11) is 0. The third-order valence-electron chi connectivity index (χ3n) is 2.20. The molecule has 70 valence electrons. The van der Waals surface area contributed by atoms with Gasteiger partial charge in [-0.3, -0.25) is 4.79 Å². The van der Waals surface area contributed by atoms with Crippen molar-refractivity contribution in [3.05, 3.63) is 53.9 Å².